The van der Waals surface area contributed by atoms with Gasteiger partial charge in [0.1, 0.15) is 0 Å². The van der Waals surface area contributed by atoms with Crippen molar-refractivity contribution in [2.24, 2.45) is 5.41 Å². The van der Waals surface area contributed by atoms with Crippen molar-refractivity contribution in [3.63, 3.8) is 0 Å². The van der Waals surface area contributed by atoms with Crippen LogP contribution in [0, 0.1) is 5.41 Å². The summed E-state index contributed by atoms with van der Waals surface area (Å²) in [5.74, 6) is 0. The number of hydrogen-bond donors (Lipinski definition) is 1. The molecule has 0 amide bonds. The lowest BCUT2D eigenvalue weighted by Gasteiger charge is -2.33. The molecule has 1 N–H and O–H groups in total. The smallest absolute Gasteiger partial charge is 0.0633 e. The zero-order chi connectivity index (χ0) is 9.90. The fourth-order valence-electron chi connectivity index (χ4n) is 2.55. The van der Waals surface area contributed by atoms with Crippen LogP contribution in [-0.2, 0) is 0 Å². The van der Waals surface area contributed by atoms with Gasteiger partial charge >= 0.3 is 0 Å². The van der Waals surface area contributed by atoms with Crippen LogP contribution in [0.15, 0.2) is 12.2 Å². The van der Waals surface area contributed by atoms with E-state index in [2.05, 4.69) is 13.5 Å². The third-order valence-corrected chi connectivity index (χ3v) is 3.55. The maximum atomic E-state index is 10.1. The van der Waals surface area contributed by atoms with Crippen molar-refractivity contribution in [1.29, 1.82) is 0 Å². The molecule has 1 saturated carbocycles. The Hall–Kier alpha value is -0.300. The Kier molecular flexibility index (Phi) is 3.55. The lowest BCUT2D eigenvalue weighted by molar-refractivity contribution is 0.0259. The molecule has 1 aliphatic rings. The Bertz CT molecular complexity index is 178. The van der Waals surface area contributed by atoms with Gasteiger partial charge in [-0.3, -0.25) is 0 Å². The normalized spacial score (nSPS) is 23.0. The Labute approximate surface area is 81.9 Å². The van der Waals surface area contributed by atoms with Gasteiger partial charge in [-0.25, -0.2) is 0 Å². The molecule has 1 nitrogen and oxygen atoms in total. The standard InChI is InChI=1S/C12H22O/c1-4-12(7-5-6-8-12)11(13)9-10(2)3/h11,13H,2,4-9H2,1,3H3. The SMILES string of the molecule is C=C(C)CC(O)C1(CC)CCCC1. The van der Waals surface area contributed by atoms with E-state index in [1.54, 1.807) is 0 Å². The summed E-state index contributed by atoms with van der Waals surface area (Å²) in [5, 5.41) is 10.1. The highest BCUT2D eigenvalue weighted by Crippen LogP contribution is 2.45. The molecule has 0 radical (unpaired) electrons. The Morgan fingerprint density at radius 2 is 2.00 bits per heavy atom. The van der Waals surface area contributed by atoms with Gasteiger partial charge < -0.3 is 5.11 Å². The minimum absolute atomic E-state index is 0.155. The quantitative estimate of drug-likeness (QED) is 0.661. The number of aliphatic hydroxyl groups excluding tert-OH is 1. The monoisotopic (exact) mass is 182 g/mol. The molecule has 1 fully saturated rings. The fraction of sp³-hybridized carbons (Fsp3) is 0.833. The van der Waals surface area contributed by atoms with Gasteiger partial charge in [-0.05, 0) is 38.0 Å². The third-order valence-electron chi connectivity index (χ3n) is 3.55. The van der Waals surface area contributed by atoms with E-state index in [0.717, 1.165) is 18.4 Å². The minimum atomic E-state index is -0.155. The molecule has 13 heavy (non-hydrogen) atoms. The average molecular weight is 182 g/mol. The maximum Gasteiger partial charge on any atom is 0.0633 e. The average Bonchev–Trinajstić information content (AvgIpc) is 2.51. The predicted octanol–water partition coefficient (Wildman–Crippen LogP) is 3.28. The van der Waals surface area contributed by atoms with Crippen molar-refractivity contribution in [2.75, 3.05) is 0 Å². The molecule has 1 atom stereocenters. The molecule has 0 aromatic heterocycles. The summed E-state index contributed by atoms with van der Waals surface area (Å²) in [4.78, 5) is 0. The summed E-state index contributed by atoms with van der Waals surface area (Å²) in [7, 11) is 0. The molecule has 1 rings (SSSR count). The second kappa shape index (κ2) is 4.28. The first-order chi connectivity index (χ1) is 6.10. The van der Waals surface area contributed by atoms with Gasteiger partial charge in [0.05, 0.1) is 6.10 Å². The van der Waals surface area contributed by atoms with Gasteiger partial charge in [0.15, 0.2) is 0 Å². The van der Waals surface area contributed by atoms with Gasteiger partial charge in [0, 0.05) is 0 Å². The zero-order valence-corrected chi connectivity index (χ0v) is 8.97. The van der Waals surface area contributed by atoms with Crippen LogP contribution < -0.4 is 0 Å². The van der Waals surface area contributed by atoms with Crippen molar-refractivity contribution < 1.29 is 5.11 Å². The first-order valence-corrected chi connectivity index (χ1v) is 5.43. The van der Waals surface area contributed by atoms with Gasteiger partial charge in [-0.15, -0.1) is 6.58 Å². The van der Waals surface area contributed by atoms with Crippen LogP contribution in [0.3, 0.4) is 0 Å². The third kappa shape index (κ3) is 2.34. The van der Waals surface area contributed by atoms with Crippen LogP contribution in [0.1, 0.15) is 52.4 Å². The minimum Gasteiger partial charge on any atom is -0.392 e. The fourth-order valence-corrected chi connectivity index (χ4v) is 2.55. The number of hydrogen-bond acceptors (Lipinski definition) is 1. The van der Waals surface area contributed by atoms with Crippen LogP contribution >= 0.6 is 0 Å². The molecule has 0 aromatic carbocycles. The van der Waals surface area contributed by atoms with Crippen LogP contribution in [-0.4, -0.2) is 11.2 Å². The number of rotatable bonds is 4. The van der Waals surface area contributed by atoms with E-state index in [9.17, 15) is 5.11 Å². The molecule has 0 heterocycles. The summed E-state index contributed by atoms with van der Waals surface area (Å²) >= 11 is 0. The lowest BCUT2D eigenvalue weighted by Crippen LogP contribution is -2.32. The molecule has 1 heteroatoms. The molecule has 0 spiro atoms. The van der Waals surface area contributed by atoms with Crippen LogP contribution in [0.4, 0.5) is 0 Å². The van der Waals surface area contributed by atoms with Crippen molar-refractivity contribution in [3.05, 3.63) is 12.2 Å². The Balaban J connectivity index is 2.59. The molecule has 1 aliphatic carbocycles. The number of aliphatic hydroxyl groups is 1. The molecule has 0 aromatic rings. The zero-order valence-electron chi connectivity index (χ0n) is 8.97. The summed E-state index contributed by atoms with van der Waals surface area (Å²) in [6, 6.07) is 0. The molecular formula is C12H22O. The van der Waals surface area contributed by atoms with Crippen molar-refractivity contribution >= 4 is 0 Å². The van der Waals surface area contributed by atoms with E-state index in [0.29, 0.717) is 0 Å². The summed E-state index contributed by atoms with van der Waals surface area (Å²) in [6.07, 6.45) is 6.74. The van der Waals surface area contributed by atoms with Gasteiger partial charge in [-0.1, -0.05) is 25.3 Å². The van der Waals surface area contributed by atoms with Gasteiger partial charge in [0.25, 0.3) is 0 Å². The van der Waals surface area contributed by atoms with E-state index < -0.39 is 0 Å². The van der Waals surface area contributed by atoms with Crippen LogP contribution in [0.5, 0.6) is 0 Å². The van der Waals surface area contributed by atoms with E-state index in [1.807, 2.05) is 6.92 Å². The largest absolute Gasteiger partial charge is 0.392 e. The summed E-state index contributed by atoms with van der Waals surface area (Å²) < 4.78 is 0. The van der Waals surface area contributed by atoms with E-state index in [1.165, 1.54) is 25.7 Å². The van der Waals surface area contributed by atoms with Crippen molar-refractivity contribution in [2.45, 2.75) is 58.5 Å². The molecule has 76 valence electrons. The Morgan fingerprint density at radius 1 is 1.46 bits per heavy atom. The highest BCUT2D eigenvalue weighted by atomic mass is 16.3. The van der Waals surface area contributed by atoms with Gasteiger partial charge in [-0.2, -0.15) is 0 Å². The molecular weight excluding hydrogens is 160 g/mol. The molecule has 0 bridgehead atoms. The molecule has 1 unspecified atom stereocenters. The predicted molar refractivity (Wildman–Crippen MR) is 56.6 cm³/mol. The first kappa shape index (κ1) is 10.8. The van der Waals surface area contributed by atoms with Crippen molar-refractivity contribution in [3.8, 4) is 0 Å². The lowest BCUT2D eigenvalue weighted by atomic mass is 9.76. The van der Waals surface area contributed by atoms with E-state index >= 15 is 0 Å². The molecule has 0 aliphatic heterocycles. The Morgan fingerprint density at radius 3 is 2.38 bits per heavy atom. The maximum absolute atomic E-state index is 10.1. The summed E-state index contributed by atoms with van der Waals surface area (Å²) in [5.41, 5.74) is 1.33. The highest BCUT2D eigenvalue weighted by Gasteiger charge is 2.38. The highest BCUT2D eigenvalue weighted by molar-refractivity contribution is 4.98. The van der Waals surface area contributed by atoms with E-state index in [4.69, 9.17) is 0 Å². The second-order valence-corrected chi connectivity index (χ2v) is 4.60. The van der Waals surface area contributed by atoms with Crippen LogP contribution in [0.2, 0.25) is 0 Å². The second-order valence-electron chi connectivity index (χ2n) is 4.60. The molecule has 0 saturated heterocycles. The van der Waals surface area contributed by atoms with Gasteiger partial charge in [0.2, 0.25) is 0 Å². The first-order valence-electron chi connectivity index (χ1n) is 5.43. The summed E-state index contributed by atoms with van der Waals surface area (Å²) in [6.45, 7) is 8.07. The topological polar surface area (TPSA) is 20.2 Å². The van der Waals surface area contributed by atoms with Crippen LogP contribution in [0.25, 0.3) is 0 Å². The van der Waals surface area contributed by atoms with Crippen molar-refractivity contribution in [1.82, 2.24) is 0 Å². The van der Waals surface area contributed by atoms with E-state index in [-0.39, 0.29) is 11.5 Å².